The molecule has 0 aliphatic heterocycles. The van der Waals surface area contributed by atoms with Gasteiger partial charge in [-0.1, -0.05) is 18.2 Å². The highest BCUT2D eigenvalue weighted by Gasteiger charge is 2.05. The Hall–Kier alpha value is -1.97. The van der Waals surface area contributed by atoms with Crippen molar-refractivity contribution in [1.29, 1.82) is 0 Å². The zero-order valence-corrected chi connectivity index (χ0v) is 9.40. The first-order chi connectivity index (χ1) is 7.67. The molecule has 1 aromatic carbocycles. The zero-order valence-electron chi connectivity index (χ0n) is 9.40. The van der Waals surface area contributed by atoms with Gasteiger partial charge in [-0.3, -0.25) is 4.79 Å². The second kappa shape index (κ2) is 5.80. The minimum atomic E-state index is -0.514. The molecule has 16 heavy (non-hydrogen) atoms. The SMILES string of the molecule is CC=Cc1ccc(OCC(N)=O)c(OC)c1. The molecule has 0 aliphatic carbocycles. The van der Waals surface area contributed by atoms with Gasteiger partial charge in [0.1, 0.15) is 0 Å². The van der Waals surface area contributed by atoms with E-state index in [0.29, 0.717) is 11.5 Å². The first-order valence-electron chi connectivity index (χ1n) is 4.89. The molecular weight excluding hydrogens is 206 g/mol. The number of hydrogen-bond acceptors (Lipinski definition) is 3. The standard InChI is InChI=1S/C12H15NO3/c1-3-4-9-5-6-10(11(7-9)15-2)16-8-12(13)14/h3-7H,8H2,1-2H3,(H2,13,14). The molecular formula is C12H15NO3. The van der Waals surface area contributed by atoms with Crippen molar-refractivity contribution in [2.75, 3.05) is 13.7 Å². The number of allylic oxidation sites excluding steroid dienone is 1. The van der Waals surface area contributed by atoms with Gasteiger partial charge in [0.25, 0.3) is 5.91 Å². The largest absolute Gasteiger partial charge is 0.493 e. The Kier molecular flexibility index (Phi) is 4.39. The first-order valence-corrected chi connectivity index (χ1v) is 4.89. The maximum absolute atomic E-state index is 10.6. The van der Waals surface area contributed by atoms with Crippen molar-refractivity contribution in [3.05, 3.63) is 29.8 Å². The van der Waals surface area contributed by atoms with E-state index in [4.69, 9.17) is 15.2 Å². The van der Waals surface area contributed by atoms with Crippen LogP contribution in [-0.2, 0) is 4.79 Å². The fourth-order valence-electron chi connectivity index (χ4n) is 1.25. The topological polar surface area (TPSA) is 61.5 Å². The van der Waals surface area contributed by atoms with Crippen LogP contribution >= 0.6 is 0 Å². The second-order valence-electron chi connectivity index (χ2n) is 3.17. The summed E-state index contributed by atoms with van der Waals surface area (Å²) in [6.07, 6.45) is 3.87. The lowest BCUT2D eigenvalue weighted by Gasteiger charge is -2.09. The molecule has 0 spiro atoms. The van der Waals surface area contributed by atoms with E-state index in [2.05, 4.69) is 0 Å². The molecule has 1 aromatic rings. The number of ether oxygens (including phenoxy) is 2. The summed E-state index contributed by atoms with van der Waals surface area (Å²) < 4.78 is 10.4. The van der Waals surface area contributed by atoms with Gasteiger partial charge in [-0.2, -0.15) is 0 Å². The molecule has 0 aromatic heterocycles. The van der Waals surface area contributed by atoms with Crippen LogP contribution in [0.15, 0.2) is 24.3 Å². The molecule has 0 atom stereocenters. The molecule has 0 bridgehead atoms. The summed E-state index contributed by atoms with van der Waals surface area (Å²) in [5, 5.41) is 0. The molecule has 86 valence electrons. The Labute approximate surface area is 94.7 Å². The van der Waals surface area contributed by atoms with E-state index in [-0.39, 0.29) is 6.61 Å². The molecule has 0 saturated carbocycles. The number of rotatable bonds is 5. The molecule has 0 fully saturated rings. The summed E-state index contributed by atoms with van der Waals surface area (Å²) >= 11 is 0. The Morgan fingerprint density at radius 3 is 2.75 bits per heavy atom. The maximum atomic E-state index is 10.6. The van der Waals surface area contributed by atoms with E-state index in [1.165, 1.54) is 0 Å². The monoisotopic (exact) mass is 221 g/mol. The lowest BCUT2D eigenvalue weighted by Crippen LogP contribution is -2.20. The van der Waals surface area contributed by atoms with Crippen LogP contribution in [0.5, 0.6) is 11.5 Å². The number of primary amides is 1. The summed E-state index contributed by atoms with van der Waals surface area (Å²) in [6, 6.07) is 5.45. The Morgan fingerprint density at radius 2 is 2.19 bits per heavy atom. The van der Waals surface area contributed by atoms with Crippen LogP contribution in [0.2, 0.25) is 0 Å². The van der Waals surface area contributed by atoms with E-state index < -0.39 is 5.91 Å². The highest BCUT2D eigenvalue weighted by Crippen LogP contribution is 2.28. The molecule has 1 rings (SSSR count). The molecule has 0 saturated heterocycles. The lowest BCUT2D eigenvalue weighted by atomic mass is 10.2. The summed E-state index contributed by atoms with van der Waals surface area (Å²) in [4.78, 5) is 10.6. The number of methoxy groups -OCH3 is 1. The van der Waals surface area contributed by atoms with Crippen LogP contribution in [0.1, 0.15) is 12.5 Å². The number of benzene rings is 1. The predicted molar refractivity (Wildman–Crippen MR) is 62.4 cm³/mol. The van der Waals surface area contributed by atoms with Crippen LogP contribution in [0.25, 0.3) is 6.08 Å². The minimum Gasteiger partial charge on any atom is -0.493 e. The zero-order chi connectivity index (χ0) is 12.0. The van der Waals surface area contributed by atoms with Crippen molar-refractivity contribution in [2.45, 2.75) is 6.92 Å². The van der Waals surface area contributed by atoms with Gasteiger partial charge in [-0.05, 0) is 24.6 Å². The molecule has 4 nitrogen and oxygen atoms in total. The van der Waals surface area contributed by atoms with Gasteiger partial charge >= 0.3 is 0 Å². The highest BCUT2D eigenvalue weighted by atomic mass is 16.5. The maximum Gasteiger partial charge on any atom is 0.255 e. The van der Waals surface area contributed by atoms with Crippen molar-refractivity contribution in [3.63, 3.8) is 0 Å². The smallest absolute Gasteiger partial charge is 0.255 e. The van der Waals surface area contributed by atoms with Crippen LogP contribution < -0.4 is 15.2 Å². The average Bonchev–Trinajstić information content (AvgIpc) is 2.27. The van der Waals surface area contributed by atoms with Gasteiger partial charge in [0, 0.05) is 0 Å². The molecule has 4 heteroatoms. The van der Waals surface area contributed by atoms with Crippen LogP contribution in [0.3, 0.4) is 0 Å². The van der Waals surface area contributed by atoms with Crippen molar-refractivity contribution in [2.24, 2.45) is 5.73 Å². The minimum absolute atomic E-state index is 0.153. The Bertz CT molecular complexity index is 399. The summed E-state index contributed by atoms with van der Waals surface area (Å²) in [7, 11) is 1.55. The van der Waals surface area contributed by atoms with E-state index in [1.54, 1.807) is 13.2 Å². The molecule has 1 amide bonds. The number of nitrogens with two attached hydrogens (primary N) is 1. The highest BCUT2D eigenvalue weighted by molar-refractivity contribution is 5.75. The molecule has 0 aliphatic rings. The second-order valence-corrected chi connectivity index (χ2v) is 3.17. The van der Waals surface area contributed by atoms with Crippen LogP contribution in [0.4, 0.5) is 0 Å². The van der Waals surface area contributed by atoms with Gasteiger partial charge in [0.15, 0.2) is 18.1 Å². The molecule has 0 heterocycles. The third-order valence-corrected chi connectivity index (χ3v) is 1.92. The number of carbonyl (C=O) groups is 1. The van der Waals surface area contributed by atoms with Gasteiger partial charge in [-0.15, -0.1) is 0 Å². The Balaban J connectivity index is 2.88. The number of carbonyl (C=O) groups excluding carboxylic acids is 1. The van der Waals surface area contributed by atoms with E-state index in [0.717, 1.165) is 5.56 Å². The van der Waals surface area contributed by atoms with E-state index >= 15 is 0 Å². The summed E-state index contributed by atoms with van der Waals surface area (Å²) in [5.41, 5.74) is 6.00. The quantitative estimate of drug-likeness (QED) is 0.821. The van der Waals surface area contributed by atoms with Gasteiger partial charge < -0.3 is 15.2 Å². The van der Waals surface area contributed by atoms with E-state index in [1.807, 2.05) is 31.2 Å². The van der Waals surface area contributed by atoms with Gasteiger partial charge in [0.2, 0.25) is 0 Å². The molecule has 2 N–H and O–H groups in total. The van der Waals surface area contributed by atoms with Crippen molar-refractivity contribution < 1.29 is 14.3 Å². The van der Waals surface area contributed by atoms with Crippen molar-refractivity contribution in [3.8, 4) is 11.5 Å². The number of hydrogen-bond donors (Lipinski definition) is 1. The molecule has 0 unspecified atom stereocenters. The number of amides is 1. The lowest BCUT2D eigenvalue weighted by molar-refractivity contribution is -0.119. The fraction of sp³-hybridized carbons (Fsp3) is 0.250. The van der Waals surface area contributed by atoms with Gasteiger partial charge in [-0.25, -0.2) is 0 Å². The van der Waals surface area contributed by atoms with Crippen molar-refractivity contribution >= 4 is 12.0 Å². The van der Waals surface area contributed by atoms with Crippen LogP contribution in [-0.4, -0.2) is 19.6 Å². The Morgan fingerprint density at radius 1 is 1.44 bits per heavy atom. The molecule has 0 radical (unpaired) electrons. The van der Waals surface area contributed by atoms with Gasteiger partial charge in [0.05, 0.1) is 7.11 Å². The summed E-state index contributed by atoms with van der Waals surface area (Å²) in [6.45, 7) is 1.78. The van der Waals surface area contributed by atoms with Crippen LogP contribution in [0, 0.1) is 0 Å². The van der Waals surface area contributed by atoms with Crippen molar-refractivity contribution in [1.82, 2.24) is 0 Å². The third-order valence-electron chi connectivity index (χ3n) is 1.92. The fourth-order valence-corrected chi connectivity index (χ4v) is 1.25. The average molecular weight is 221 g/mol. The predicted octanol–water partition coefficient (Wildman–Crippen LogP) is 1.59. The summed E-state index contributed by atoms with van der Waals surface area (Å²) in [5.74, 6) is 0.575. The van der Waals surface area contributed by atoms with E-state index in [9.17, 15) is 4.79 Å². The first kappa shape index (κ1) is 12.1. The third kappa shape index (κ3) is 3.31. The normalized spacial score (nSPS) is 10.4.